The lowest BCUT2D eigenvalue weighted by Gasteiger charge is -2.18. The van der Waals surface area contributed by atoms with Gasteiger partial charge in [0.2, 0.25) is 0 Å². The number of rotatable bonds is 8. The van der Waals surface area contributed by atoms with Gasteiger partial charge in [-0.25, -0.2) is 0 Å². The summed E-state index contributed by atoms with van der Waals surface area (Å²) < 4.78 is 6.70. The zero-order valence-electron chi connectivity index (χ0n) is 11.6. The molecule has 0 heterocycles. The summed E-state index contributed by atoms with van der Waals surface area (Å²) in [7, 11) is 0. The SMILES string of the molecule is CCC(NCCOCC(C)C)c1ccc(Br)cc1. The number of benzene rings is 1. The van der Waals surface area contributed by atoms with Crippen LogP contribution in [0.2, 0.25) is 0 Å². The minimum absolute atomic E-state index is 0.417. The van der Waals surface area contributed by atoms with Gasteiger partial charge < -0.3 is 10.1 Å². The Kier molecular flexibility index (Phi) is 7.56. The first kappa shape index (κ1) is 15.7. The van der Waals surface area contributed by atoms with Crippen molar-refractivity contribution in [2.45, 2.75) is 33.2 Å². The van der Waals surface area contributed by atoms with E-state index in [1.165, 1.54) is 5.56 Å². The third kappa shape index (κ3) is 5.98. The molecular formula is C15H24BrNO. The van der Waals surface area contributed by atoms with E-state index in [1.807, 2.05) is 0 Å². The van der Waals surface area contributed by atoms with E-state index >= 15 is 0 Å². The van der Waals surface area contributed by atoms with E-state index in [-0.39, 0.29) is 0 Å². The Morgan fingerprint density at radius 1 is 1.22 bits per heavy atom. The summed E-state index contributed by atoms with van der Waals surface area (Å²) in [6.07, 6.45) is 1.09. The molecule has 1 rings (SSSR count). The Bertz CT molecular complexity index is 324. The first-order valence-corrected chi connectivity index (χ1v) is 7.49. The van der Waals surface area contributed by atoms with Crippen LogP contribution in [0.25, 0.3) is 0 Å². The fraction of sp³-hybridized carbons (Fsp3) is 0.600. The smallest absolute Gasteiger partial charge is 0.0591 e. The topological polar surface area (TPSA) is 21.3 Å². The van der Waals surface area contributed by atoms with E-state index in [0.717, 1.165) is 30.7 Å². The van der Waals surface area contributed by atoms with Gasteiger partial charge in [-0.3, -0.25) is 0 Å². The Balaban J connectivity index is 2.31. The molecule has 102 valence electrons. The van der Waals surface area contributed by atoms with Gasteiger partial charge in [0.1, 0.15) is 0 Å². The first-order valence-electron chi connectivity index (χ1n) is 6.70. The van der Waals surface area contributed by atoms with Gasteiger partial charge in [-0.2, -0.15) is 0 Å². The van der Waals surface area contributed by atoms with E-state index in [1.54, 1.807) is 0 Å². The molecule has 0 aliphatic carbocycles. The van der Waals surface area contributed by atoms with Gasteiger partial charge >= 0.3 is 0 Å². The standard InChI is InChI=1S/C15H24BrNO/c1-4-15(13-5-7-14(16)8-6-13)17-9-10-18-11-12(2)3/h5-8,12,15,17H,4,9-11H2,1-3H3. The number of hydrogen-bond donors (Lipinski definition) is 1. The predicted octanol–water partition coefficient (Wildman–Crippen LogP) is 4.16. The highest BCUT2D eigenvalue weighted by Gasteiger charge is 2.07. The van der Waals surface area contributed by atoms with Crippen LogP contribution in [0.1, 0.15) is 38.8 Å². The molecule has 3 heteroatoms. The molecule has 2 nitrogen and oxygen atoms in total. The van der Waals surface area contributed by atoms with Crippen molar-refractivity contribution in [2.24, 2.45) is 5.92 Å². The number of ether oxygens (including phenoxy) is 1. The van der Waals surface area contributed by atoms with Gasteiger partial charge in [0.15, 0.2) is 0 Å². The van der Waals surface area contributed by atoms with Crippen LogP contribution in [0.5, 0.6) is 0 Å². The van der Waals surface area contributed by atoms with Gasteiger partial charge in [0.05, 0.1) is 6.61 Å². The molecule has 0 saturated carbocycles. The molecule has 0 aliphatic rings. The Morgan fingerprint density at radius 3 is 2.44 bits per heavy atom. The van der Waals surface area contributed by atoms with Gasteiger partial charge in [0.25, 0.3) is 0 Å². The average Bonchev–Trinajstić information content (AvgIpc) is 2.35. The molecule has 0 aromatic heterocycles. The molecular weight excluding hydrogens is 290 g/mol. The highest BCUT2D eigenvalue weighted by molar-refractivity contribution is 9.10. The van der Waals surface area contributed by atoms with Crippen molar-refractivity contribution in [3.63, 3.8) is 0 Å². The molecule has 0 spiro atoms. The fourth-order valence-corrected chi connectivity index (χ4v) is 2.08. The third-order valence-corrected chi connectivity index (χ3v) is 3.30. The van der Waals surface area contributed by atoms with E-state index < -0.39 is 0 Å². The van der Waals surface area contributed by atoms with E-state index in [9.17, 15) is 0 Å². The van der Waals surface area contributed by atoms with Crippen LogP contribution in [0, 0.1) is 5.92 Å². The highest BCUT2D eigenvalue weighted by atomic mass is 79.9. The van der Waals surface area contributed by atoms with Gasteiger partial charge in [-0.1, -0.05) is 48.8 Å². The van der Waals surface area contributed by atoms with Crippen molar-refractivity contribution < 1.29 is 4.74 Å². The quantitative estimate of drug-likeness (QED) is 0.727. The zero-order valence-corrected chi connectivity index (χ0v) is 13.2. The van der Waals surface area contributed by atoms with Crippen molar-refractivity contribution >= 4 is 15.9 Å². The average molecular weight is 314 g/mol. The molecule has 0 radical (unpaired) electrons. The van der Waals surface area contributed by atoms with E-state index in [0.29, 0.717) is 12.0 Å². The highest BCUT2D eigenvalue weighted by Crippen LogP contribution is 2.19. The summed E-state index contributed by atoms with van der Waals surface area (Å²) in [6.45, 7) is 9.08. The van der Waals surface area contributed by atoms with Crippen LogP contribution in [-0.2, 0) is 4.74 Å². The molecule has 1 atom stereocenters. The first-order chi connectivity index (χ1) is 8.63. The number of hydrogen-bond acceptors (Lipinski definition) is 2. The molecule has 1 unspecified atom stereocenters. The van der Waals surface area contributed by atoms with Crippen LogP contribution < -0.4 is 5.32 Å². The lowest BCUT2D eigenvalue weighted by molar-refractivity contribution is 0.110. The van der Waals surface area contributed by atoms with Crippen molar-refractivity contribution in [3.8, 4) is 0 Å². The minimum Gasteiger partial charge on any atom is -0.380 e. The molecule has 0 bridgehead atoms. The van der Waals surface area contributed by atoms with E-state index in [2.05, 4.69) is 66.3 Å². The maximum Gasteiger partial charge on any atom is 0.0591 e. The van der Waals surface area contributed by atoms with Crippen molar-refractivity contribution in [1.82, 2.24) is 5.32 Å². The molecule has 0 saturated heterocycles. The zero-order chi connectivity index (χ0) is 13.4. The summed E-state index contributed by atoms with van der Waals surface area (Å²) in [5.41, 5.74) is 1.34. The van der Waals surface area contributed by atoms with Crippen LogP contribution in [-0.4, -0.2) is 19.8 Å². The van der Waals surface area contributed by atoms with Crippen LogP contribution in [0.3, 0.4) is 0 Å². The van der Waals surface area contributed by atoms with Crippen molar-refractivity contribution in [1.29, 1.82) is 0 Å². The molecule has 1 aromatic carbocycles. The van der Waals surface area contributed by atoms with Crippen LogP contribution >= 0.6 is 15.9 Å². The van der Waals surface area contributed by atoms with Gasteiger partial charge in [-0.15, -0.1) is 0 Å². The number of nitrogens with one attached hydrogen (secondary N) is 1. The molecule has 1 aromatic rings. The molecule has 0 fully saturated rings. The molecule has 1 N–H and O–H groups in total. The van der Waals surface area contributed by atoms with Crippen molar-refractivity contribution in [2.75, 3.05) is 19.8 Å². The van der Waals surface area contributed by atoms with E-state index in [4.69, 9.17) is 4.74 Å². The minimum atomic E-state index is 0.417. The maximum atomic E-state index is 5.57. The molecule has 0 aliphatic heterocycles. The molecule has 0 amide bonds. The second kappa shape index (κ2) is 8.68. The summed E-state index contributed by atoms with van der Waals surface area (Å²) in [5, 5.41) is 3.54. The fourth-order valence-electron chi connectivity index (χ4n) is 1.82. The summed E-state index contributed by atoms with van der Waals surface area (Å²) in [5.74, 6) is 0.610. The monoisotopic (exact) mass is 313 g/mol. The largest absolute Gasteiger partial charge is 0.380 e. The lowest BCUT2D eigenvalue weighted by atomic mass is 10.1. The third-order valence-electron chi connectivity index (χ3n) is 2.77. The lowest BCUT2D eigenvalue weighted by Crippen LogP contribution is -2.25. The second-order valence-corrected chi connectivity index (χ2v) is 5.85. The second-order valence-electron chi connectivity index (χ2n) is 4.94. The van der Waals surface area contributed by atoms with Gasteiger partial charge in [0, 0.05) is 23.7 Å². The Morgan fingerprint density at radius 2 is 1.89 bits per heavy atom. The van der Waals surface area contributed by atoms with Gasteiger partial charge in [-0.05, 0) is 30.0 Å². The number of halogens is 1. The van der Waals surface area contributed by atoms with Crippen LogP contribution in [0.15, 0.2) is 28.7 Å². The van der Waals surface area contributed by atoms with Crippen LogP contribution in [0.4, 0.5) is 0 Å². The predicted molar refractivity (Wildman–Crippen MR) is 80.8 cm³/mol. The summed E-state index contributed by atoms with van der Waals surface area (Å²) in [6, 6.07) is 8.94. The molecule has 18 heavy (non-hydrogen) atoms. The Hall–Kier alpha value is -0.380. The summed E-state index contributed by atoms with van der Waals surface area (Å²) >= 11 is 3.46. The Labute approximate surface area is 119 Å². The summed E-state index contributed by atoms with van der Waals surface area (Å²) in [4.78, 5) is 0. The van der Waals surface area contributed by atoms with Crippen molar-refractivity contribution in [3.05, 3.63) is 34.3 Å². The normalized spacial score (nSPS) is 12.9. The maximum absolute atomic E-state index is 5.57.